The van der Waals surface area contributed by atoms with Gasteiger partial charge in [0.2, 0.25) is 0 Å². The topological polar surface area (TPSA) is 32.3 Å². The number of hydrogen-bond acceptors (Lipinski definition) is 2. The summed E-state index contributed by atoms with van der Waals surface area (Å²) < 4.78 is 0. The van der Waals surface area contributed by atoms with Crippen molar-refractivity contribution in [1.29, 1.82) is 0 Å². The smallest absolute Gasteiger partial charge is 0.138 e. The van der Waals surface area contributed by atoms with Gasteiger partial charge in [0.1, 0.15) is 5.75 Å². The van der Waals surface area contributed by atoms with Gasteiger partial charge in [-0.3, -0.25) is 0 Å². The lowest BCUT2D eigenvalue weighted by molar-refractivity contribution is 0.459. The SMILES string of the molecule is CC(Cc1ccccc1Cl)NCc1cccc(Cl)c1O. The van der Waals surface area contributed by atoms with Crippen LogP contribution in [0, 0.1) is 0 Å². The van der Waals surface area contributed by atoms with Crippen LogP contribution >= 0.6 is 23.2 Å². The quantitative estimate of drug-likeness (QED) is 0.857. The van der Waals surface area contributed by atoms with Crippen molar-refractivity contribution in [2.24, 2.45) is 0 Å². The van der Waals surface area contributed by atoms with E-state index in [1.54, 1.807) is 6.07 Å². The zero-order valence-electron chi connectivity index (χ0n) is 11.2. The third kappa shape index (κ3) is 3.89. The Morgan fingerprint density at radius 2 is 1.65 bits per heavy atom. The molecule has 0 saturated heterocycles. The Hall–Kier alpha value is -1.22. The zero-order valence-corrected chi connectivity index (χ0v) is 12.7. The minimum absolute atomic E-state index is 0.145. The molecule has 20 heavy (non-hydrogen) atoms. The lowest BCUT2D eigenvalue weighted by atomic mass is 10.1. The summed E-state index contributed by atoms with van der Waals surface area (Å²) in [6, 6.07) is 13.4. The Morgan fingerprint density at radius 3 is 2.40 bits per heavy atom. The van der Waals surface area contributed by atoms with Gasteiger partial charge in [-0.1, -0.05) is 53.5 Å². The van der Waals surface area contributed by atoms with E-state index in [1.807, 2.05) is 36.4 Å². The molecule has 1 unspecified atom stereocenters. The molecule has 2 nitrogen and oxygen atoms in total. The van der Waals surface area contributed by atoms with Gasteiger partial charge in [-0.25, -0.2) is 0 Å². The van der Waals surface area contributed by atoms with Crippen molar-refractivity contribution in [3.63, 3.8) is 0 Å². The molecule has 0 saturated carbocycles. The largest absolute Gasteiger partial charge is 0.506 e. The van der Waals surface area contributed by atoms with Gasteiger partial charge in [0.25, 0.3) is 0 Å². The van der Waals surface area contributed by atoms with E-state index in [0.717, 1.165) is 22.6 Å². The molecule has 0 aliphatic carbocycles. The standard InChI is InChI=1S/C16H17Cl2NO/c1-11(9-12-5-2-3-7-14(12)17)19-10-13-6-4-8-15(18)16(13)20/h2-8,11,19-20H,9-10H2,1H3. The number of benzene rings is 2. The third-order valence-corrected chi connectivity index (χ3v) is 3.87. The molecule has 0 fully saturated rings. The van der Waals surface area contributed by atoms with Crippen LogP contribution in [0.1, 0.15) is 18.1 Å². The molecule has 2 aromatic carbocycles. The maximum atomic E-state index is 9.85. The number of rotatable bonds is 5. The van der Waals surface area contributed by atoms with Gasteiger partial charge >= 0.3 is 0 Å². The second-order valence-electron chi connectivity index (χ2n) is 4.83. The first-order valence-corrected chi connectivity index (χ1v) is 7.26. The van der Waals surface area contributed by atoms with E-state index in [0.29, 0.717) is 11.6 Å². The number of hydrogen-bond donors (Lipinski definition) is 2. The van der Waals surface area contributed by atoms with Gasteiger partial charge in [-0.15, -0.1) is 0 Å². The maximum Gasteiger partial charge on any atom is 0.138 e. The molecule has 0 spiro atoms. The molecule has 0 radical (unpaired) electrons. The highest BCUT2D eigenvalue weighted by atomic mass is 35.5. The van der Waals surface area contributed by atoms with Crippen LogP contribution < -0.4 is 5.32 Å². The number of phenols is 1. The fourth-order valence-corrected chi connectivity index (χ4v) is 2.46. The van der Waals surface area contributed by atoms with Gasteiger partial charge in [0, 0.05) is 23.2 Å². The van der Waals surface area contributed by atoms with Gasteiger partial charge < -0.3 is 10.4 Å². The highest BCUT2D eigenvalue weighted by Crippen LogP contribution is 2.26. The summed E-state index contributed by atoms with van der Waals surface area (Å²) in [5, 5.41) is 14.4. The molecule has 1 atom stereocenters. The molecule has 0 bridgehead atoms. The lowest BCUT2D eigenvalue weighted by Crippen LogP contribution is -2.27. The van der Waals surface area contributed by atoms with Gasteiger partial charge in [0.15, 0.2) is 0 Å². The predicted octanol–water partition coefficient (Wildman–Crippen LogP) is 4.42. The molecule has 2 aromatic rings. The number of nitrogens with one attached hydrogen (secondary N) is 1. The first-order valence-electron chi connectivity index (χ1n) is 6.51. The highest BCUT2D eigenvalue weighted by molar-refractivity contribution is 6.32. The summed E-state index contributed by atoms with van der Waals surface area (Å²) in [7, 11) is 0. The maximum absolute atomic E-state index is 9.85. The summed E-state index contributed by atoms with van der Waals surface area (Å²) >= 11 is 12.0. The Labute approximate surface area is 129 Å². The molecule has 4 heteroatoms. The monoisotopic (exact) mass is 309 g/mol. The minimum Gasteiger partial charge on any atom is -0.506 e. The third-order valence-electron chi connectivity index (χ3n) is 3.20. The molecule has 106 valence electrons. The molecule has 0 aliphatic rings. The van der Waals surface area contributed by atoms with E-state index >= 15 is 0 Å². The average Bonchev–Trinajstić information content (AvgIpc) is 2.43. The van der Waals surface area contributed by atoms with Crippen LogP contribution in [0.3, 0.4) is 0 Å². The first kappa shape index (κ1) is 15.2. The molecule has 0 heterocycles. The lowest BCUT2D eigenvalue weighted by Gasteiger charge is -2.15. The number of halogens is 2. The van der Waals surface area contributed by atoms with Crippen LogP contribution in [0.25, 0.3) is 0 Å². The van der Waals surface area contributed by atoms with Crippen molar-refractivity contribution in [2.75, 3.05) is 0 Å². The fourth-order valence-electron chi connectivity index (χ4n) is 2.05. The van der Waals surface area contributed by atoms with E-state index in [4.69, 9.17) is 23.2 Å². The summed E-state index contributed by atoms with van der Waals surface area (Å²) in [6.45, 7) is 2.66. The van der Waals surface area contributed by atoms with Crippen LogP contribution in [0.5, 0.6) is 5.75 Å². The van der Waals surface area contributed by atoms with Crippen molar-refractivity contribution in [3.8, 4) is 5.75 Å². The fraction of sp³-hybridized carbons (Fsp3) is 0.250. The number of phenolic OH excluding ortho intramolecular Hbond substituents is 1. The Bertz CT molecular complexity index is 586. The molecule has 0 aromatic heterocycles. The van der Waals surface area contributed by atoms with Crippen LogP contribution in [-0.4, -0.2) is 11.1 Å². The molecule has 0 aliphatic heterocycles. The van der Waals surface area contributed by atoms with Crippen molar-refractivity contribution >= 4 is 23.2 Å². The van der Waals surface area contributed by atoms with Gasteiger partial charge in [-0.2, -0.15) is 0 Å². The Morgan fingerprint density at radius 1 is 1.00 bits per heavy atom. The Balaban J connectivity index is 1.94. The first-order chi connectivity index (χ1) is 9.58. The van der Waals surface area contributed by atoms with Crippen molar-refractivity contribution in [2.45, 2.75) is 25.9 Å². The van der Waals surface area contributed by atoms with Crippen LogP contribution in [0.4, 0.5) is 0 Å². The molecular formula is C16H17Cl2NO. The van der Waals surface area contributed by atoms with Crippen LogP contribution in [0.15, 0.2) is 42.5 Å². The highest BCUT2D eigenvalue weighted by Gasteiger charge is 2.09. The second-order valence-corrected chi connectivity index (χ2v) is 5.64. The van der Waals surface area contributed by atoms with Gasteiger partial charge in [-0.05, 0) is 31.0 Å². The van der Waals surface area contributed by atoms with E-state index in [-0.39, 0.29) is 11.8 Å². The number of para-hydroxylation sites is 1. The zero-order chi connectivity index (χ0) is 14.5. The molecule has 2 rings (SSSR count). The minimum atomic E-state index is 0.145. The van der Waals surface area contributed by atoms with E-state index in [2.05, 4.69) is 12.2 Å². The molecular weight excluding hydrogens is 293 g/mol. The molecule has 0 amide bonds. The van der Waals surface area contributed by atoms with Crippen LogP contribution in [0.2, 0.25) is 10.0 Å². The summed E-state index contributed by atoms with van der Waals surface area (Å²) in [6.07, 6.45) is 0.834. The normalized spacial score (nSPS) is 12.3. The van der Waals surface area contributed by atoms with Crippen molar-refractivity contribution in [3.05, 3.63) is 63.6 Å². The van der Waals surface area contributed by atoms with Gasteiger partial charge in [0.05, 0.1) is 5.02 Å². The van der Waals surface area contributed by atoms with E-state index in [1.165, 1.54) is 0 Å². The summed E-state index contributed by atoms with van der Waals surface area (Å²) in [5.41, 5.74) is 1.91. The Kier molecular flexibility index (Phi) is 5.30. The van der Waals surface area contributed by atoms with Crippen molar-refractivity contribution in [1.82, 2.24) is 5.32 Å². The average molecular weight is 310 g/mol. The molecule has 2 N–H and O–H groups in total. The summed E-state index contributed by atoms with van der Waals surface area (Å²) in [4.78, 5) is 0. The van der Waals surface area contributed by atoms with E-state index in [9.17, 15) is 5.11 Å². The summed E-state index contributed by atoms with van der Waals surface area (Å²) in [5.74, 6) is 0.145. The van der Waals surface area contributed by atoms with Crippen molar-refractivity contribution < 1.29 is 5.11 Å². The predicted molar refractivity (Wildman–Crippen MR) is 84.6 cm³/mol. The second kappa shape index (κ2) is 6.98. The van der Waals surface area contributed by atoms with E-state index < -0.39 is 0 Å². The number of aromatic hydroxyl groups is 1. The van der Waals surface area contributed by atoms with Crippen LogP contribution in [-0.2, 0) is 13.0 Å².